The number of amides is 2. The van der Waals surface area contributed by atoms with E-state index in [0.717, 1.165) is 18.2 Å². The molecule has 1 rings (SSSR count). The van der Waals surface area contributed by atoms with Gasteiger partial charge in [-0.25, -0.2) is 0 Å². The third-order valence-electron chi connectivity index (χ3n) is 2.77. The Balaban J connectivity index is 2.44. The fourth-order valence-corrected chi connectivity index (χ4v) is 2.22. The molecular formula is C12H21N5O3S. The van der Waals surface area contributed by atoms with Crippen molar-refractivity contribution in [3.05, 3.63) is 5.89 Å². The van der Waals surface area contributed by atoms with E-state index in [1.165, 1.54) is 7.05 Å². The van der Waals surface area contributed by atoms with Gasteiger partial charge in [0.25, 0.3) is 5.22 Å². The van der Waals surface area contributed by atoms with Crippen molar-refractivity contribution in [2.75, 3.05) is 33.4 Å². The van der Waals surface area contributed by atoms with Gasteiger partial charge in [-0.15, -0.1) is 10.2 Å². The summed E-state index contributed by atoms with van der Waals surface area (Å²) >= 11 is 1.15. The van der Waals surface area contributed by atoms with Crippen LogP contribution in [0.5, 0.6) is 0 Å². The van der Waals surface area contributed by atoms with Gasteiger partial charge in [0.15, 0.2) is 0 Å². The molecule has 0 spiro atoms. The first-order valence-corrected chi connectivity index (χ1v) is 7.56. The second kappa shape index (κ2) is 8.63. The van der Waals surface area contributed by atoms with Gasteiger partial charge < -0.3 is 15.1 Å². The van der Waals surface area contributed by atoms with Gasteiger partial charge in [0.05, 0.1) is 18.3 Å². The number of thioether (sulfide) groups is 1. The number of likely N-dealkylation sites (N-methyl/N-ethyl adjacent to an activating group) is 1. The summed E-state index contributed by atoms with van der Waals surface area (Å²) in [6, 6.07) is 0.0638. The summed E-state index contributed by atoms with van der Waals surface area (Å²) in [6.07, 6.45) is 0.853. The number of carbonyl (C=O) groups excluding carboxylic acids is 2. The molecule has 2 N–H and O–H groups in total. The van der Waals surface area contributed by atoms with E-state index in [1.54, 1.807) is 0 Å². The van der Waals surface area contributed by atoms with Gasteiger partial charge in [-0.2, -0.15) is 0 Å². The molecule has 0 radical (unpaired) electrons. The maximum atomic E-state index is 11.5. The molecule has 1 aromatic heterocycles. The number of aromatic nitrogens is 2. The molecule has 0 unspecified atom stereocenters. The van der Waals surface area contributed by atoms with Crippen LogP contribution < -0.4 is 10.6 Å². The van der Waals surface area contributed by atoms with Crippen LogP contribution in [0.1, 0.15) is 25.3 Å². The fourth-order valence-electron chi connectivity index (χ4n) is 1.62. The Bertz CT molecular complexity index is 477. The topological polar surface area (TPSA) is 100 Å². The molecule has 0 aliphatic heterocycles. The predicted molar refractivity (Wildman–Crippen MR) is 78.8 cm³/mol. The molecule has 0 bridgehead atoms. The molecular weight excluding hydrogens is 294 g/mol. The number of nitrogens with zero attached hydrogens (tertiary/aromatic N) is 3. The molecule has 0 fully saturated rings. The monoisotopic (exact) mass is 315 g/mol. The number of hydrogen-bond acceptors (Lipinski definition) is 7. The van der Waals surface area contributed by atoms with Crippen LogP contribution in [-0.4, -0.2) is 60.4 Å². The first kappa shape index (κ1) is 17.4. The Kier molecular flexibility index (Phi) is 7.17. The SMILES string of the molecule is CC[C@H](c1nnc(SCC(=O)NCC(=O)NC)o1)N(C)C. The van der Waals surface area contributed by atoms with Gasteiger partial charge in [-0.1, -0.05) is 18.7 Å². The van der Waals surface area contributed by atoms with Crippen molar-refractivity contribution in [2.24, 2.45) is 0 Å². The average Bonchev–Trinajstić information content (AvgIpc) is 2.91. The van der Waals surface area contributed by atoms with Crippen LogP contribution in [0, 0.1) is 0 Å². The molecule has 2 amide bonds. The highest BCUT2D eigenvalue weighted by Crippen LogP contribution is 2.23. The third kappa shape index (κ3) is 5.72. The maximum Gasteiger partial charge on any atom is 0.277 e. The zero-order chi connectivity index (χ0) is 15.8. The lowest BCUT2D eigenvalue weighted by atomic mass is 10.2. The van der Waals surface area contributed by atoms with Crippen molar-refractivity contribution >= 4 is 23.6 Å². The van der Waals surface area contributed by atoms with Gasteiger partial charge in [0, 0.05) is 7.05 Å². The normalized spacial score (nSPS) is 12.2. The van der Waals surface area contributed by atoms with E-state index in [-0.39, 0.29) is 30.2 Å². The third-order valence-corrected chi connectivity index (χ3v) is 3.59. The lowest BCUT2D eigenvalue weighted by molar-refractivity contribution is -0.124. The van der Waals surface area contributed by atoms with Crippen molar-refractivity contribution < 1.29 is 14.0 Å². The van der Waals surface area contributed by atoms with Crippen molar-refractivity contribution in [3.63, 3.8) is 0 Å². The highest BCUT2D eigenvalue weighted by Gasteiger charge is 2.19. The first-order chi connectivity index (χ1) is 9.97. The summed E-state index contributed by atoms with van der Waals surface area (Å²) in [5.74, 6) is 0.154. The van der Waals surface area contributed by atoms with E-state index >= 15 is 0 Å². The predicted octanol–water partition coefficient (Wildman–Crippen LogP) is 0.0366. The molecule has 0 aliphatic rings. The largest absolute Gasteiger partial charge is 0.414 e. The molecule has 0 saturated carbocycles. The Morgan fingerprint density at radius 1 is 1.33 bits per heavy atom. The Hall–Kier alpha value is -1.61. The molecule has 1 heterocycles. The van der Waals surface area contributed by atoms with Crippen LogP contribution in [0.4, 0.5) is 0 Å². The van der Waals surface area contributed by atoms with Crippen LogP contribution in [0.25, 0.3) is 0 Å². The summed E-state index contributed by atoms with van der Waals surface area (Å²) < 4.78 is 5.53. The Labute approximate surface area is 128 Å². The molecule has 21 heavy (non-hydrogen) atoms. The van der Waals surface area contributed by atoms with Crippen molar-refractivity contribution in [3.8, 4) is 0 Å². The molecule has 8 nitrogen and oxygen atoms in total. The second-order valence-corrected chi connectivity index (χ2v) is 5.46. The van der Waals surface area contributed by atoms with E-state index in [0.29, 0.717) is 11.1 Å². The smallest absolute Gasteiger partial charge is 0.277 e. The molecule has 0 saturated heterocycles. The van der Waals surface area contributed by atoms with Crippen molar-refractivity contribution in [2.45, 2.75) is 24.6 Å². The molecule has 118 valence electrons. The first-order valence-electron chi connectivity index (χ1n) is 6.57. The van der Waals surface area contributed by atoms with Crippen LogP contribution >= 0.6 is 11.8 Å². The van der Waals surface area contributed by atoms with Gasteiger partial charge in [-0.3, -0.25) is 14.5 Å². The highest BCUT2D eigenvalue weighted by atomic mass is 32.2. The van der Waals surface area contributed by atoms with Gasteiger partial charge in [0.2, 0.25) is 17.7 Å². The standard InChI is InChI=1S/C12H21N5O3S/c1-5-8(17(3)4)11-15-16-12(20-11)21-7-10(19)14-6-9(18)13-2/h8H,5-7H2,1-4H3,(H,13,18)(H,14,19)/t8-/m1/s1. The summed E-state index contributed by atoms with van der Waals surface area (Å²) in [4.78, 5) is 24.5. The van der Waals surface area contributed by atoms with Gasteiger partial charge in [0.1, 0.15) is 0 Å². The lowest BCUT2D eigenvalue weighted by Crippen LogP contribution is -2.35. The summed E-state index contributed by atoms with van der Waals surface area (Å²) in [6.45, 7) is 2.00. The van der Waals surface area contributed by atoms with E-state index in [4.69, 9.17) is 4.42 Å². The number of rotatable bonds is 8. The Morgan fingerprint density at radius 2 is 2.05 bits per heavy atom. The summed E-state index contributed by atoms with van der Waals surface area (Å²) in [5.41, 5.74) is 0. The van der Waals surface area contributed by atoms with Crippen LogP contribution in [-0.2, 0) is 9.59 Å². The van der Waals surface area contributed by atoms with E-state index in [2.05, 4.69) is 20.8 Å². The minimum atomic E-state index is -0.261. The summed E-state index contributed by atoms with van der Waals surface area (Å²) in [5, 5.41) is 13.2. The lowest BCUT2D eigenvalue weighted by Gasteiger charge is -2.18. The van der Waals surface area contributed by atoms with Gasteiger partial charge in [-0.05, 0) is 20.5 Å². The average molecular weight is 315 g/mol. The molecule has 1 atom stereocenters. The van der Waals surface area contributed by atoms with Crippen molar-refractivity contribution in [1.29, 1.82) is 0 Å². The number of hydrogen-bond donors (Lipinski definition) is 2. The quantitative estimate of drug-likeness (QED) is 0.653. The fraction of sp³-hybridized carbons (Fsp3) is 0.667. The van der Waals surface area contributed by atoms with E-state index < -0.39 is 0 Å². The van der Waals surface area contributed by atoms with Crippen LogP contribution in [0.15, 0.2) is 9.64 Å². The zero-order valence-electron chi connectivity index (χ0n) is 12.7. The summed E-state index contributed by atoms with van der Waals surface area (Å²) in [7, 11) is 5.40. The van der Waals surface area contributed by atoms with Crippen LogP contribution in [0.2, 0.25) is 0 Å². The second-order valence-electron chi connectivity index (χ2n) is 4.53. The zero-order valence-corrected chi connectivity index (χ0v) is 13.5. The molecule has 0 aliphatic carbocycles. The minimum Gasteiger partial charge on any atom is -0.414 e. The molecule has 1 aromatic rings. The molecule has 0 aromatic carbocycles. The Morgan fingerprint density at radius 3 is 2.62 bits per heavy atom. The number of carbonyl (C=O) groups is 2. The number of nitrogens with one attached hydrogen (secondary N) is 2. The molecule has 9 heteroatoms. The van der Waals surface area contributed by atoms with Crippen molar-refractivity contribution in [1.82, 2.24) is 25.7 Å². The minimum absolute atomic E-state index is 0.0382. The van der Waals surface area contributed by atoms with E-state index in [9.17, 15) is 9.59 Å². The maximum absolute atomic E-state index is 11.5. The van der Waals surface area contributed by atoms with Crippen LogP contribution in [0.3, 0.4) is 0 Å². The van der Waals surface area contributed by atoms with E-state index in [1.807, 2.05) is 25.9 Å². The van der Waals surface area contributed by atoms with Gasteiger partial charge >= 0.3 is 0 Å². The highest BCUT2D eigenvalue weighted by molar-refractivity contribution is 7.99.